The quantitative estimate of drug-likeness (QED) is 0.877. The zero-order valence-corrected chi connectivity index (χ0v) is 12.0. The van der Waals surface area contributed by atoms with Crippen LogP contribution in [-0.2, 0) is 13.0 Å². The summed E-state index contributed by atoms with van der Waals surface area (Å²) in [6.45, 7) is 1.69. The fourth-order valence-electron chi connectivity index (χ4n) is 2.83. The second-order valence-electron chi connectivity index (χ2n) is 5.20. The summed E-state index contributed by atoms with van der Waals surface area (Å²) >= 11 is 0. The number of anilines is 2. The first-order valence-corrected chi connectivity index (χ1v) is 6.91. The number of nitriles is 1. The summed E-state index contributed by atoms with van der Waals surface area (Å²) in [5.74, 6) is 0.817. The molecule has 0 radical (unpaired) electrons. The third-order valence-corrected chi connectivity index (χ3v) is 3.87. The maximum absolute atomic E-state index is 9.06. The van der Waals surface area contributed by atoms with Gasteiger partial charge in [0.2, 0.25) is 0 Å². The number of fused-ring (bicyclic) bond motifs is 1. The Morgan fingerprint density at radius 1 is 1.29 bits per heavy atom. The van der Waals surface area contributed by atoms with Crippen molar-refractivity contribution in [2.75, 3.05) is 24.3 Å². The molecule has 0 amide bonds. The Bertz CT molecular complexity index is 718. The van der Waals surface area contributed by atoms with Gasteiger partial charge in [-0.15, -0.1) is 0 Å². The molecule has 0 fully saturated rings. The van der Waals surface area contributed by atoms with Crippen LogP contribution in [0, 0.1) is 11.3 Å². The van der Waals surface area contributed by atoms with E-state index in [-0.39, 0.29) is 0 Å². The first-order chi connectivity index (χ1) is 10.2. The summed E-state index contributed by atoms with van der Waals surface area (Å²) in [4.78, 5) is 2.30. The largest absolute Gasteiger partial charge is 0.496 e. The van der Waals surface area contributed by atoms with E-state index in [4.69, 9.17) is 15.7 Å². The number of rotatable bonds is 3. The molecule has 0 unspecified atom stereocenters. The molecule has 0 saturated carbocycles. The molecule has 0 bridgehead atoms. The van der Waals surface area contributed by atoms with Crippen molar-refractivity contribution in [2.45, 2.75) is 13.0 Å². The fraction of sp³-hybridized carbons (Fsp3) is 0.235. The van der Waals surface area contributed by atoms with Crippen LogP contribution >= 0.6 is 0 Å². The summed E-state index contributed by atoms with van der Waals surface area (Å²) in [7, 11) is 1.66. The SMILES string of the molecule is COc1ccc(C#N)cc1CN1CCc2cc(N)ccc21. The highest BCUT2D eigenvalue weighted by Crippen LogP contribution is 2.32. The van der Waals surface area contributed by atoms with Gasteiger partial charge in [-0.1, -0.05) is 0 Å². The van der Waals surface area contributed by atoms with E-state index < -0.39 is 0 Å². The molecule has 0 aromatic heterocycles. The Labute approximate surface area is 124 Å². The average molecular weight is 279 g/mol. The van der Waals surface area contributed by atoms with Crippen molar-refractivity contribution in [2.24, 2.45) is 0 Å². The van der Waals surface area contributed by atoms with Gasteiger partial charge in [0.15, 0.2) is 0 Å². The lowest BCUT2D eigenvalue weighted by Gasteiger charge is -2.21. The van der Waals surface area contributed by atoms with E-state index in [9.17, 15) is 0 Å². The third-order valence-electron chi connectivity index (χ3n) is 3.87. The Kier molecular flexibility index (Phi) is 3.41. The van der Waals surface area contributed by atoms with Crippen molar-refractivity contribution in [3.05, 3.63) is 53.1 Å². The molecule has 1 aliphatic heterocycles. The second kappa shape index (κ2) is 5.37. The van der Waals surface area contributed by atoms with Crippen molar-refractivity contribution in [1.29, 1.82) is 5.26 Å². The van der Waals surface area contributed by atoms with Crippen LogP contribution in [0.1, 0.15) is 16.7 Å². The monoisotopic (exact) mass is 279 g/mol. The van der Waals surface area contributed by atoms with Gasteiger partial charge in [-0.2, -0.15) is 5.26 Å². The average Bonchev–Trinajstić information content (AvgIpc) is 2.89. The van der Waals surface area contributed by atoms with E-state index in [1.54, 1.807) is 13.2 Å². The zero-order chi connectivity index (χ0) is 14.8. The van der Waals surface area contributed by atoms with Gasteiger partial charge in [0.25, 0.3) is 0 Å². The fourth-order valence-corrected chi connectivity index (χ4v) is 2.83. The lowest BCUT2D eigenvalue weighted by atomic mass is 10.1. The van der Waals surface area contributed by atoms with Crippen molar-refractivity contribution in [3.63, 3.8) is 0 Å². The minimum atomic E-state index is 0.655. The molecular weight excluding hydrogens is 262 g/mol. The summed E-state index contributed by atoms with van der Waals surface area (Å²) in [6, 6.07) is 13.7. The summed E-state index contributed by atoms with van der Waals surface area (Å²) in [6.07, 6.45) is 1.00. The first-order valence-electron chi connectivity index (χ1n) is 6.91. The van der Waals surface area contributed by atoms with Gasteiger partial charge in [0.1, 0.15) is 5.75 Å². The Hall–Kier alpha value is -2.67. The van der Waals surface area contributed by atoms with E-state index in [0.717, 1.165) is 36.5 Å². The summed E-state index contributed by atoms with van der Waals surface area (Å²) in [5.41, 5.74) is 10.8. The van der Waals surface area contributed by atoms with Crippen molar-refractivity contribution < 1.29 is 4.74 Å². The van der Waals surface area contributed by atoms with Crippen LogP contribution in [0.2, 0.25) is 0 Å². The Morgan fingerprint density at radius 2 is 2.14 bits per heavy atom. The molecular formula is C17H17N3O. The molecule has 4 heteroatoms. The van der Waals surface area contributed by atoms with Crippen LogP contribution < -0.4 is 15.4 Å². The molecule has 2 N–H and O–H groups in total. The van der Waals surface area contributed by atoms with Crippen LogP contribution in [0.3, 0.4) is 0 Å². The standard InChI is InChI=1S/C17H17N3O/c1-21-17-5-2-12(10-18)8-14(17)11-20-7-6-13-9-15(19)3-4-16(13)20/h2-5,8-9H,6-7,11,19H2,1H3. The lowest BCUT2D eigenvalue weighted by molar-refractivity contribution is 0.409. The predicted octanol–water partition coefficient (Wildman–Crippen LogP) is 2.71. The number of nitrogens with zero attached hydrogens (tertiary/aromatic N) is 2. The maximum atomic E-state index is 9.06. The molecule has 4 nitrogen and oxygen atoms in total. The highest BCUT2D eigenvalue weighted by molar-refractivity contribution is 5.63. The van der Waals surface area contributed by atoms with Crippen LogP contribution in [-0.4, -0.2) is 13.7 Å². The van der Waals surface area contributed by atoms with Gasteiger partial charge in [-0.05, 0) is 48.4 Å². The Morgan fingerprint density at radius 3 is 2.90 bits per heavy atom. The van der Waals surface area contributed by atoms with Crippen LogP contribution in [0.4, 0.5) is 11.4 Å². The minimum Gasteiger partial charge on any atom is -0.496 e. The molecule has 2 aromatic rings. The molecule has 1 aliphatic rings. The summed E-state index contributed by atoms with van der Waals surface area (Å²) < 4.78 is 5.41. The highest BCUT2D eigenvalue weighted by atomic mass is 16.5. The predicted molar refractivity (Wildman–Crippen MR) is 83.3 cm³/mol. The molecule has 21 heavy (non-hydrogen) atoms. The lowest BCUT2D eigenvalue weighted by Crippen LogP contribution is -2.20. The maximum Gasteiger partial charge on any atom is 0.123 e. The molecule has 0 aliphatic carbocycles. The molecule has 0 spiro atoms. The van der Waals surface area contributed by atoms with Crippen LogP contribution in [0.5, 0.6) is 5.75 Å². The van der Waals surface area contributed by atoms with Gasteiger partial charge in [0.05, 0.1) is 18.7 Å². The van der Waals surface area contributed by atoms with E-state index in [1.807, 2.05) is 24.3 Å². The normalized spacial score (nSPS) is 12.9. The molecule has 0 atom stereocenters. The van der Waals surface area contributed by atoms with E-state index >= 15 is 0 Å². The molecule has 3 rings (SSSR count). The first kappa shape index (κ1) is 13.3. The molecule has 1 heterocycles. The van der Waals surface area contributed by atoms with Crippen molar-refractivity contribution in [3.8, 4) is 11.8 Å². The second-order valence-corrected chi connectivity index (χ2v) is 5.20. The zero-order valence-electron chi connectivity index (χ0n) is 12.0. The van der Waals surface area contributed by atoms with Crippen LogP contribution in [0.15, 0.2) is 36.4 Å². The van der Waals surface area contributed by atoms with E-state index in [2.05, 4.69) is 17.0 Å². The molecule has 106 valence electrons. The van der Waals surface area contributed by atoms with E-state index in [1.165, 1.54) is 11.3 Å². The number of methoxy groups -OCH3 is 1. The molecule has 2 aromatic carbocycles. The number of nitrogen functional groups attached to an aromatic ring is 1. The van der Waals surface area contributed by atoms with Crippen molar-refractivity contribution in [1.82, 2.24) is 0 Å². The third kappa shape index (κ3) is 2.50. The summed E-state index contributed by atoms with van der Waals surface area (Å²) in [5, 5.41) is 9.06. The number of benzene rings is 2. The van der Waals surface area contributed by atoms with Crippen LogP contribution in [0.25, 0.3) is 0 Å². The van der Waals surface area contributed by atoms with Gasteiger partial charge in [-0.3, -0.25) is 0 Å². The van der Waals surface area contributed by atoms with E-state index in [0.29, 0.717) is 5.56 Å². The van der Waals surface area contributed by atoms with Gasteiger partial charge in [0, 0.05) is 30.0 Å². The van der Waals surface area contributed by atoms with Gasteiger partial charge < -0.3 is 15.4 Å². The number of ether oxygens (including phenoxy) is 1. The minimum absolute atomic E-state index is 0.655. The number of nitrogens with two attached hydrogens (primary N) is 1. The van der Waals surface area contributed by atoms with Crippen molar-refractivity contribution >= 4 is 11.4 Å². The Balaban J connectivity index is 1.91. The highest BCUT2D eigenvalue weighted by Gasteiger charge is 2.20. The number of hydrogen-bond acceptors (Lipinski definition) is 4. The van der Waals surface area contributed by atoms with Gasteiger partial charge in [-0.25, -0.2) is 0 Å². The number of hydrogen-bond donors (Lipinski definition) is 1. The topological polar surface area (TPSA) is 62.3 Å². The van der Waals surface area contributed by atoms with Gasteiger partial charge >= 0.3 is 0 Å². The molecule has 0 saturated heterocycles. The smallest absolute Gasteiger partial charge is 0.123 e.